The van der Waals surface area contributed by atoms with Crippen LogP contribution in [0.5, 0.6) is 0 Å². The van der Waals surface area contributed by atoms with Gasteiger partial charge in [-0.2, -0.15) is 5.10 Å². The summed E-state index contributed by atoms with van der Waals surface area (Å²) in [6.07, 6.45) is 1.14. The van der Waals surface area contributed by atoms with Gasteiger partial charge in [0.25, 0.3) is 0 Å². The number of hydrogen-bond acceptors (Lipinski definition) is 1. The van der Waals surface area contributed by atoms with E-state index in [0.29, 0.717) is 11.3 Å². The summed E-state index contributed by atoms with van der Waals surface area (Å²) in [7, 11) is 0. The van der Waals surface area contributed by atoms with Gasteiger partial charge >= 0.3 is 0 Å². The molecule has 0 fully saturated rings. The van der Waals surface area contributed by atoms with Gasteiger partial charge in [-0.05, 0) is 25.7 Å². The lowest BCUT2D eigenvalue weighted by Gasteiger charge is -2.18. The number of aryl methyl sites for hydroxylation is 2. The zero-order valence-corrected chi connectivity index (χ0v) is 11.1. The highest BCUT2D eigenvalue weighted by Crippen LogP contribution is 2.21. The van der Waals surface area contributed by atoms with Crippen molar-refractivity contribution in [1.29, 1.82) is 0 Å². The molecule has 0 aromatic carbocycles. The first-order chi connectivity index (χ1) is 6.85. The Bertz CT molecular complexity index is 334. The number of halogens is 1. The van der Waals surface area contributed by atoms with Gasteiger partial charge in [0, 0.05) is 17.8 Å². The monoisotopic (exact) mass is 228 g/mol. The highest BCUT2D eigenvalue weighted by molar-refractivity contribution is 6.17. The summed E-state index contributed by atoms with van der Waals surface area (Å²) >= 11 is 5.89. The third-order valence-corrected chi connectivity index (χ3v) is 3.01. The molecule has 1 aromatic rings. The number of nitrogens with zero attached hydrogens (tertiary/aromatic N) is 2. The molecular weight excluding hydrogens is 208 g/mol. The lowest BCUT2D eigenvalue weighted by atomic mass is 9.92. The minimum atomic E-state index is 0.355. The third kappa shape index (κ3) is 3.23. The molecule has 0 saturated heterocycles. The molecule has 86 valence electrons. The van der Waals surface area contributed by atoms with Crippen molar-refractivity contribution >= 4 is 11.6 Å². The Morgan fingerprint density at radius 2 is 1.87 bits per heavy atom. The smallest absolute Gasteiger partial charge is 0.0640 e. The van der Waals surface area contributed by atoms with Crippen molar-refractivity contribution in [2.24, 2.45) is 5.41 Å². The summed E-state index contributed by atoms with van der Waals surface area (Å²) in [6, 6.07) is 0. The molecule has 0 spiro atoms. The topological polar surface area (TPSA) is 17.8 Å². The Morgan fingerprint density at radius 1 is 1.27 bits per heavy atom. The van der Waals surface area contributed by atoms with Crippen LogP contribution in [0, 0.1) is 19.3 Å². The summed E-state index contributed by atoms with van der Waals surface area (Å²) in [4.78, 5) is 0. The van der Waals surface area contributed by atoms with Gasteiger partial charge in [0.15, 0.2) is 0 Å². The van der Waals surface area contributed by atoms with E-state index in [1.54, 1.807) is 0 Å². The molecule has 0 unspecified atom stereocenters. The SMILES string of the molecule is Cc1nn(CCC(C)(C)C)c(C)c1CCl. The Kier molecular flexibility index (Phi) is 3.82. The number of alkyl halides is 1. The quantitative estimate of drug-likeness (QED) is 0.722. The lowest BCUT2D eigenvalue weighted by molar-refractivity contribution is 0.338. The second-order valence-electron chi connectivity index (χ2n) is 5.32. The Labute approximate surface area is 97.6 Å². The second kappa shape index (κ2) is 4.56. The van der Waals surface area contributed by atoms with E-state index >= 15 is 0 Å². The van der Waals surface area contributed by atoms with Crippen molar-refractivity contribution < 1.29 is 0 Å². The Balaban J connectivity index is 2.79. The van der Waals surface area contributed by atoms with E-state index in [0.717, 1.165) is 18.7 Å². The molecule has 3 heteroatoms. The van der Waals surface area contributed by atoms with Crippen molar-refractivity contribution in [2.75, 3.05) is 0 Å². The van der Waals surface area contributed by atoms with E-state index in [9.17, 15) is 0 Å². The molecule has 1 rings (SSSR count). The van der Waals surface area contributed by atoms with Crippen LogP contribution in [0.3, 0.4) is 0 Å². The molecule has 0 radical (unpaired) electrons. The fourth-order valence-electron chi connectivity index (χ4n) is 1.59. The summed E-state index contributed by atoms with van der Waals surface area (Å²) in [6.45, 7) is 11.9. The van der Waals surface area contributed by atoms with Crippen LogP contribution in [0.15, 0.2) is 0 Å². The molecule has 0 aliphatic rings. The predicted octanol–water partition coefficient (Wildman–Crippen LogP) is 3.67. The zero-order chi connectivity index (χ0) is 11.6. The van der Waals surface area contributed by atoms with Gasteiger partial charge in [0.1, 0.15) is 0 Å². The molecule has 1 heterocycles. The molecule has 0 atom stereocenters. The fourth-order valence-corrected chi connectivity index (χ4v) is 1.97. The first-order valence-electron chi connectivity index (χ1n) is 5.44. The van der Waals surface area contributed by atoms with Gasteiger partial charge in [-0.15, -0.1) is 11.6 Å². The molecule has 1 aromatic heterocycles. The van der Waals surface area contributed by atoms with E-state index in [-0.39, 0.29) is 0 Å². The molecule has 15 heavy (non-hydrogen) atoms. The largest absolute Gasteiger partial charge is 0.269 e. The van der Waals surface area contributed by atoms with Crippen molar-refractivity contribution in [3.63, 3.8) is 0 Å². The normalized spacial score (nSPS) is 12.1. The van der Waals surface area contributed by atoms with Gasteiger partial charge < -0.3 is 0 Å². The molecule has 0 aliphatic heterocycles. The van der Waals surface area contributed by atoms with Crippen LogP contribution in [-0.4, -0.2) is 9.78 Å². The Hall–Kier alpha value is -0.500. The van der Waals surface area contributed by atoms with Gasteiger partial charge in [-0.25, -0.2) is 0 Å². The first kappa shape index (κ1) is 12.6. The first-order valence-corrected chi connectivity index (χ1v) is 5.97. The minimum absolute atomic E-state index is 0.355. The molecule has 0 N–H and O–H groups in total. The Morgan fingerprint density at radius 3 is 2.27 bits per heavy atom. The third-order valence-electron chi connectivity index (χ3n) is 2.74. The lowest BCUT2D eigenvalue weighted by Crippen LogP contribution is -2.12. The standard InChI is InChI=1S/C12H21ClN2/c1-9-11(8-13)10(2)15(14-9)7-6-12(3,4)5/h6-8H2,1-5H3. The number of aromatic nitrogens is 2. The number of hydrogen-bond donors (Lipinski definition) is 0. The van der Waals surface area contributed by atoms with Gasteiger partial charge in [0.05, 0.1) is 11.6 Å². The summed E-state index contributed by atoms with van der Waals surface area (Å²) in [5, 5.41) is 4.52. The van der Waals surface area contributed by atoms with E-state index in [1.165, 1.54) is 11.3 Å². The van der Waals surface area contributed by atoms with Crippen LogP contribution in [0.4, 0.5) is 0 Å². The van der Waals surface area contributed by atoms with Crippen LogP contribution in [0.1, 0.15) is 44.1 Å². The van der Waals surface area contributed by atoms with Crippen LogP contribution in [0.25, 0.3) is 0 Å². The average molecular weight is 229 g/mol. The molecule has 0 aliphatic carbocycles. The van der Waals surface area contributed by atoms with Crippen LogP contribution < -0.4 is 0 Å². The molecule has 0 saturated carbocycles. The maximum absolute atomic E-state index is 5.89. The van der Waals surface area contributed by atoms with E-state index < -0.39 is 0 Å². The predicted molar refractivity (Wildman–Crippen MR) is 65.3 cm³/mol. The maximum Gasteiger partial charge on any atom is 0.0640 e. The van der Waals surface area contributed by atoms with Crippen LogP contribution in [0.2, 0.25) is 0 Å². The van der Waals surface area contributed by atoms with E-state index in [4.69, 9.17) is 11.6 Å². The van der Waals surface area contributed by atoms with Crippen LogP contribution >= 0.6 is 11.6 Å². The minimum Gasteiger partial charge on any atom is -0.269 e. The second-order valence-corrected chi connectivity index (χ2v) is 5.58. The van der Waals surface area contributed by atoms with Crippen molar-refractivity contribution in [3.05, 3.63) is 17.0 Å². The molecule has 2 nitrogen and oxygen atoms in total. The average Bonchev–Trinajstić information content (AvgIpc) is 2.37. The van der Waals surface area contributed by atoms with Crippen molar-refractivity contribution in [3.8, 4) is 0 Å². The number of rotatable bonds is 3. The van der Waals surface area contributed by atoms with Gasteiger partial charge in [0.2, 0.25) is 0 Å². The molecular formula is C12H21ClN2. The van der Waals surface area contributed by atoms with Gasteiger partial charge in [-0.1, -0.05) is 20.8 Å². The van der Waals surface area contributed by atoms with Crippen LogP contribution in [-0.2, 0) is 12.4 Å². The molecule has 0 bridgehead atoms. The maximum atomic E-state index is 5.89. The molecule has 0 amide bonds. The van der Waals surface area contributed by atoms with E-state index in [2.05, 4.69) is 37.5 Å². The van der Waals surface area contributed by atoms with E-state index in [1.807, 2.05) is 6.92 Å². The fraction of sp³-hybridized carbons (Fsp3) is 0.750. The summed E-state index contributed by atoms with van der Waals surface area (Å²) < 4.78 is 2.08. The highest BCUT2D eigenvalue weighted by Gasteiger charge is 2.14. The van der Waals surface area contributed by atoms with Gasteiger partial charge in [-0.3, -0.25) is 4.68 Å². The van der Waals surface area contributed by atoms with Crippen molar-refractivity contribution in [1.82, 2.24) is 9.78 Å². The highest BCUT2D eigenvalue weighted by atomic mass is 35.5. The zero-order valence-electron chi connectivity index (χ0n) is 10.4. The summed E-state index contributed by atoms with van der Waals surface area (Å²) in [5.41, 5.74) is 3.82. The summed E-state index contributed by atoms with van der Waals surface area (Å²) in [5.74, 6) is 0.563. The van der Waals surface area contributed by atoms with Crippen molar-refractivity contribution in [2.45, 2.75) is 53.5 Å².